The minimum absolute atomic E-state index is 0.0126. The third-order valence-corrected chi connectivity index (χ3v) is 4.59. The van der Waals surface area contributed by atoms with Crippen molar-refractivity contribution in [3.63, 3.8) is 0 Å². The number of hydrogen-bond donors (Lipinski definition) is 0. The lowest BCUT2D eigenvalue weighted by Crippen LogP contribution is -1.94. The standard InChI is InChI=1S/C19H12F4.C8H14/c1-11-2-4-12(5-3-11)13-6-7-15(16(20)8-13)14-9-17(21)19(23)18(22)10-14;1-3-5-7-8-6-4-2/h2-10H,1H3;3,6,8H,1,4-5,7H2,2H3/b;8-6+. The van der Waals surface area contributed by atoms with Crippen molar-refractivity contribution in [2.45, 2.75) is 33.1 Å². The summed E-state index contributed by atoms with van der Waals surface area (Å²) in [5, 5.41) is 0. The summed E-state index contributed by atoms with van der Waals surface area (Å²) in [6.45, 7) is 7.72. The molecule has 31 heavy (non-hydrogen) atoms. The van der Waals surface area contributed by atoms with E-state index in [1.807, 2.05) is 37.3 Å². The Morgan fingerprint density at radius 2 is 1.29 bits per heavy atom. The van der Waals surface area contributed by atoms with Gasteiger partial charge in [-0.2, -0.15) is 0 Å². The van der Waals surface area contributed by atoms with Crippen molar-refractivity contribution < 1.29 is 17.6 Å². The van der Waals surface area contributed by atoms with E-state index in [4.69, 9.17) is 0 Å². The molecule has 0 N–H and O–H groups in total. The zero-order chi connectivity index (χ0) is 22.8. The molecule has 3 aromatic rings. The van der Waals surface area contributed by atoms with Gasteiger partial charge in [-0.25, -0.2) is 17.6 Å². The fraction of sp³-hybridized carbons (Fsp3) is 0.185. The Labute approximate surface area is 181 Å². The van der Waals surface area contributed by atoms with Crippen LogP contribution in [0.1, 0.15) is 31.7 Å². The number of halogens is 4. The monoisotopic (exact) mass is 426 g/mol. The van der Waals surface area contributed by atoms with Gasteiger partial charge in [0.15, 0.2) is 17.5 Å². The number of hydrogen-bond acceptors (Lipinski definition) is 0. The van der Waals surface area contributed by atoms with Crippen LogP contribution in [0.5, 0.6) is 0 Å². The smallest absolute Gasteiger partial charge is 0.194 e. The molecule has 0 bridgehead atoms. The highest BCUT2D eigenvalue weighted by Crippen LogP contribution is 2.30. The number of benzene rings is 3. The van der Waals surface area contributed by atoms with Gasteiger partial charge in [-0.1, -0.05) is 67.1 Å². The minimum atomic E-state index is -1.56. The summed E-state index contributed by atoms with van der Waals surface area (Å²) in [6, 6.07) is 13.5. The first-order valence-corrected chi connectivity index (χ1v) is 10.1. The van der Waals surface area contributed by atoms with Crippen LogP contribution < -0.4 is 0 Å². The Kier molecular flexibility index (Phi) is 9.26. The van der Waals surface area contributed by atoms with Gasteiger partial charge in [0, 0.05) is 5.56 Å². The first-order valence-electron chi connectivity index (χ1n) is 10.1. The second kappa shape index (κ2) is 11.9. The maximum Gasteiger partial charge on any atom is 0.194 e. The van der Waals surface area contributed by atoms with Gasteiger partial charge in [-0.15, -0.1) is 6.58 Å². The molecule has 0 saturated carbocycles. The van der Waals surface area contributed by atoms with E-state index < -0.39 is 23.3 Å². The van der Waals surface area contributed by atoms with E-state index in [0.717, 1.165) is 42.5 Å². The predicted octanol–water partition coefficient (Wildman–Crippen LogP) is 8.80. The highest BCUT2D eigenvalue weighted by molar-refractivity contribution is 5.71. The van der Waals surface area contributed by atoms with Crippen LogP contribution in [0.15, 0.2) is 79.4 Å². The maximum atomic E-state index is 14.3. The molecule has 0 saturated heterocycles. The zero-order valence-corrected chi connectivity index (χ0v) is 17.8. The van der Waals surface area contributed by atoms with Crippen LogP contribution >= 0.6 is 0 Å². The summed E-state index contributed by atoms with van der Waals surface area (Å²) in [4.78, 5) is 0. The quantitative estimate of drug-likeness (QED) is 0.160. The van der Waals surface area contributed by atoms with Crippen molar-refractivity contribution in [2.75, 3.05) is 0 Å². The number of unbranched alkanes of at least 4 members (excludes halogenated alkanes) is 1. The molecule has 0 nitrogen and oxygen atoms in total. The van der Waals surface area contributed by atoms with Crippen LogP contribution in [0.3, 0.4) is 0 Å². The van der Waals surface area contributed by atoms with E-state index in [1.54, 1.807) is 6.07 Å². The normalized spacial score (nSPS) is 10.6. The van der Waals surface area contributed by atoms with Crippen molar-refractivity contribution in [1.29, 1.82) is 0 Å². The molecule has 3 rings (SSSR count). The van der Waals surface area contributed by atoms with E-state index in [1.165, 1.54) is 12.1 Å². The van der Waals surface area contributed by atoms with Gasteiger partial charge in [0.2, 0.25) is 0 Å². The summed E-state index contributed by atoms with van der Waals surface area (Å²) in [7, 11) is 0. The van der Waals surface area contributed by atoms with Gasteiger partial charge in [0.05, 0.1) is 0 Å². The molecule has 0 aliphatic carbocycles. The van der Waals surface area contributed by atoms with Crippen LogP contribution in [-0.2, 0) is 0 Å². The lowest BCUT2D eigenvalue weighted by molar-refractivity contribution is 0.447. The van der Waals surface area contributed by atoms with E-state index in [0.29, 0.717) is 5.56 Å². The fourth-order valence-corrected chi connectivity index (χ4v) is 2.88. The first-order chi connectivity index (χ1) is 14.9. The molecule has 162 valence electrons. The van der Waals surface area contributed by atoms with Crippen molar-refractivity contribution in [2.24, 2.45) is 0 Å². The Balaban J connectivity index is 0.000000366. The van der Waals surface area contributed by atoms with Gasteiger partial charge in [-0.05, 0) is 61.1 Å². The summed E-state index contributed by atoms with van der Waals surface area (Å²) >= 11 is 0. The highest BCUT2D eigenvalue weighted by Gasteiger charge is 2.14. The molecule has 0 aromatic heterocycles. The van der Waals surface area contributed by atoms with E-state index in [2.05, 4.69) is 25.7 Å². The Morgan fingerprint density at radius 1 is 0.710 bits per heavy atom. The van der Waals surface area contributed by atoms with Crippen molar-refractivity contribution in [3.8, 4) is 22.3 Å². The average molecular weight is 426 g/mol. The third-order valence-electron chi connectivity index (χ3n) is 4.59. The molecule has 3 aromatic carbocycles. The SMILES string of the molecule is C=CCC/C=C/CC.Cc1ccc(-c2ccc(-c3cc(F)c(F)c(F)c3)c(F)c2)cc1. The molecule has 4 heteroatoms. The molecular formula is C27H26F4. The van der Waals surface area contributed by atoms with E-state index >= 15 is 0 Å². The Hall–Kier alpha value is -3.14. The van der Waals surface area contributed by atoms with Crippen molar-refractivity contribution >= 4 is 0 Å². The van der Waals surface area contributed by atoms with Crippen LogP contribution in [0.4, 0.5) is 17.6 Å². The van der Waals surface area contributed by atoms with Crippen LogP contribution in [0.25, 0.3) is 22.3 Å². The van der Waals surface area contributed by atoms with E-state index in [-0.39, 0.29) is 11.1 Å². The first kappa shape index (κ1) is 24.1. The number of rotatable bonds is 6. The number of aryl methyl sites for hydroxylation is 1. The van der Waals surface area contributed by atoms with Crippen LogP contribution in [-0.4, -0.2) is 0 Å². The van der Waals surface area contributed by atoms with E-state index in [9.17, 15) is 17.6 Å². The summed E-state index contributed by atoms with van der Waals surface area (Å²) in [6.07, 6.45) is 9.73. The van der Waals surface area contributed by atoms with Crippen molar-refractivity contribution in [1.82, 2.24) is 0 Å². The molecule has 0 fully saturated rings. The zero-order valence-electron chi connectivity index (χ0n) is 17.8. The van der Waals surface area contributed by atoms with Crippen LogP contribution in [0.2, 0.25) is 0 Å². The van der Waals surface area contributed by atoms with Gasteiger partial charge in [0.25, 0.3) is 0 Å². The van der Waals surface area contributed by atoms with Crippen molar-refractivity contribution in [3.05, 3.63) is 108 Å². The summed E-state index contributed by atoms with van der Waals surface area (Å²) in [5.74, 6) is -4.89. The molecule has 0 radical (unpaired) electrons. The second-order valence-electron chi connectivity index (χ2n) is 7.06. The Bertz CT molecular complexity index is 1010. The number of allylic oxidation sites excluding steroid dienone is 3. The maximum absolute atomic E-state index is 14.3. The second-order valence-corrected chi connectivity index (χ2v) is 7.06. The lowest BCUT2D eigenvalue weighted by atomic mass is 9.99. The van der Waals surface area contributed by atoms with Gasteiger partial charge in [0.1, 0.15) is 5.82 Å². The average Bonchev–Trinajstić information content (AvgIpc) is 2.76. The van der Waals surface area contributed by atoms with Gasteiger partial charge in [-0.3, -0.25) is 0 Å². The molecule has 0 aliphatic heterocycles. The largest absolute Gasteiger partial charge is 0.206 e. The summed E-state index contributed by atoms with van der Waals surface area (Å²) in [5.41, 5.74) is 2.53. The van der Waals surface area contributed by atoms with Crippen LogP contribution in [0, 0.1) is 30.2 Å². The third kappa shape index (κ3) is 6.95. The molecular weight excluding hydrogens is 400 g/mol. The molecule has 0 amide bonds. The molecule has 0 unspecified atom stereocenters. The topological polar surface area (TPSA) is 0 Å². The molecule has 0 spiro atoms. The summed E-state index contributed by atoms with van der Waals surface area (Å²) < 4.78 is 53.9. The Morgan fingerprint density at radius 3 is 1.84 bits per heavy atom. The molecule has 0 atom stereocenters. The minimum Gasteiger partial charge on any atom is -0.206 e. The van der Waals surface area contributed by atoms with Gasteiger partial charge < -0.3 is 0 Å². The highest BCUT2D eigenvalue weighted by atomic mass is 19.2. The molecule has 0 aliphatic rings. The fourth-order valence-electron chi connectivity index (χ4n) is 2.88. The van der Waals surface area contributed by atoms with Gasteiger partial charge >= 0.3 is 0 Å². The molecule has 0 heterocycles. The predicted molar refractivity (Wildman–Crippen MR) is 121 cm³/mol. The lowest BCUT2D eigenvalue weighted by Gasteiger charge is -2.08.